The van der Waals surface area contributed by atoms with Crippen molar-refractivity contribution in [3.05, 3.63) is 47.5 Å². The van der Waals surface area contributed by atoms with E-state index in [2.05, 4.69) is 0 Å². The van der Waals surface area contributed by atoms with Crippen LogP contribution in [-0.2, 0) is 22.4 Å². The van der Waals surface area contributed by atoms with Gasteiger partial charge in [-0.15, -0.1) is 0 Å². The predicted octanol–water partition coefficient (Wildman–Crippen LogP) is 3.08. The molecule has 0 aliphatic carbocycles. The maximum Gasteiger partial charge on any atom is 0.344 e. The summed E-state index contributed by atoms with van der Waals surface area (Å²) < 4.78 is 36.4. The molecule has 2 aromatic carbocycles. The van der Waals surface area contributed by atoms with Gasteiger partial charge in [0.25, 0.3) is 0 Å². The van der Waals surface area contributed by atoms with Gasteiger partial charge in [-0.3, -0.25) is 0 Å². The van der Waals surface area contributed by atoms with Crippen molar-refractivity contribution in [3.63, 3.8) is 0 Å². The molecule has 6 nitrogen and oxygen atoms in total. The molecule has 0 amide bonds. The molecule has 1 aliphatic heterocycles. The lowest BCUT2D eigenvalue weighted by Crippen LogP contribution is -2.39. The zero-order chi connectivity index (χ0) is 20.3. The average molecular weight is 390 g/mol. The Morgan fingerprint density at radius 1 is 1.04 bits per heavy atom. The first-order chi connectivity index (χ1) is 13.4. The molecule has 0 saturated carbocycles. The molecule has 1 N–H and O–H groups in total. The van der Waals surface area contributed by atoms with E-state index in [1.165, 1.54) is 26.4 Å². The summed E-state index contributed by atoms with van der Waals surface area (Å²) in [6, 6.07) is 9.84. The van der Waals surface area contributed by atoms with Crippen LogP contribution in [0.2, 0.25) is 0 Å². The molecule has 1 heterocycles. The van der Waals surface area contributed by atoms with E-state index < -0.39 is 17.6 Å². The van der Waals surface area contributed by atoms with Crippen molar-refractivity contribution in [2.45, 2.75) is 18.5 Å². The molecule has 3 rings (SSSR count). The van der Waals surface area contributed by atoms with E-state index >= 15 is 4.39 Å². The number of hydrogen-bond acceptors (Lipinski definition) is 6. The van der Waals surface area contributed by atoms with Crippen LogP contribution in [0.3, 0.4) is 0 Å². The van der Waals surface area contributed by atoms with Crippen LogP contribution in [-0.4, -0.2) is 44.7 Å². The SMILES string of the molecule is COc1cc(C[C@]2(F)C(=O)OC[C@@H]2Cc2ccc(OC)c(OC)c2)ccc1O. The molecule has 2 aromatic rings. The van der Waals surface area contributed by atoms with Gasteiger partial charge in [0.1, 0.15) is 0 Å². The number of cyclic esters (lactones) is 1. The van der Waals surface area contributed by atoms with Crippen LogP contribution < -0.4 is 14.2 Å². The minimum Gasteiger partial charge on any atom is -0.504 e. The van der Waals surface area contributed by atoms with Crippen LogP contribution in [0.15, 0.2) is 36.4 Å². The second-order valence-corrected chi connectivity index (χ2v) is 6.73. The fourth-order valence-electron chi connectivity index (χ4n) is 3.45. The molecule has 150 valence electrons. The Morgan fingerprint density at radius 2 is 1.68 bits per heavy atom. The topological polar surface area (TPSA) is 74.2 Å². The molecular formula is C21H23FO6. The molecule has 1 fully saturated rings. The predicted molar refractivity (Wildman–Crippen MR) is 99.9 cm³/mol. The van der Waals surface area contributed by atoms with Gasteiger partial charge in [0.05, 0.1) is 27.9 Å². The number of hydrogen-bond donors (Lipinski definition) is 1. The third-order valence-corrected chi connectivity index (χ3v) is 5.04. The summed E-state index contributed by atoms with van der Waals surface area (Å²) in [6.45, 7) is -0.00109. The fourth-order valence-corrected chi connectivity index (χ4v) is 3.45. The third kappa shape index (κ3) is 3.69. The number of benzene rings is 2. The number of carbonyl (C=O) groups excluding carboxylic acids is 1. The van der Waals surface area contributed by atoms with Crippen LogP contribution in [0.25, 0.3) is 0 Å². The second kappa shape index (κ2) is 7.96. The highest BCUT2D eigenvalue weighted by Gasteiger charge is 2.53. The van der Waals surface area contributed by atoms with Gasteiger partial charge in [-0.25, -0.2) is 9.18 Å². The monoisotopic (exact) mass is 390 g/mol. The molecule has 0 bridgehead atoms. The number of carbonyl (C=O) groups is 1. The van der Waals surface area contributed by atoms with Crippen LogP contribution in [0, 0.1) is 5.92 Å². The summed E-state index contributed by atoms with van der Waals surface area (Å²) in [5.41, 5.74) is -0.825. The zero-order valence-electron chi connectivity index (χ0n) is 16.0. The largest absolute Gasteiger partial charge is 0.504 e. The molecule has 28 heavy (non-hydrogen) atoms. The molecule has 0 unspecified atom stereocenters. The van der Waals surface area contributed by atoms with Crippen molar-refractivity contribution in [1.82, 2.24) is 0 Å². The van der Waals surface area contributed by atoms with E-state index in [-0.39, 0.29) is 24.5 Å². The lowest BCUT2D eigenvalue weighted by molar-refractivity contribution is -0.148. The Labute approximate surface area is 162 Å². The summed E-state index contributed by atoms with van der Waals surface area (Å²) in [5.74, 6) is -0.229. The lowest BCUT2D eigenvalue weighted by atomic mass is 9.82. The number of esters is 1. The molecule has 0 aromatic heterocycles. The number of phenolic OH excluding ortho intramolecular Hbond substituents is 1. The van der Waals surface area contributed by atoms with Gasteiger partial charge < -0.3 is 24.1 Å². The number of alkyl halides is 1. The Morgan fingerprint density at radius 3 is 2.36 bits per heavy atom. The first-order valence-electron chi connectivity index (χ1n) is 8.84. The Hall–Kier alpha value is -2.96. The van der Waals surface area contributed by atoms with Crippen LogP contribution in [0.4, 0.5) is 4.39 Å². The van der Waals surface area contributed by atoms with Gasteiger partial charge in [-0.2, -0.15) is 0 Å². The smallest absolute Gasteiger partial charge is 0.344 e. The Kier molecular flexibility index (Phi) is 5.63. The number of halogens is 1. The average Bonchev–Trinajstić information content (AvgIpc) is 2.97. The standard InChI is InChI=1S/C21H23FO6/c1-25-17-7-5-13(9-19(17)27-3)8-15-12-28-20(24)21(15,22)11-14-4-6-16(23)18(10-14)26-2/h4-7,9-10,15,23H,8,11-12H2,1-3H3/t15-,21+/m0/s1. The van der Waals surface area contributed by atoms with E-state index in [0.717, 1.165) is 5.56 Å². The maximum atomic E-state index is 15.8. The number of methoxy groups -OCH3 is 3. The van der Waals surface area contributed by atoms with Gasteiger partial charge >= 0.3 is 5.97 Å². The number of aromatic hydroxyl groups is 1. The molecule has 2 atom stereocenters. The van der Waals surface area contributed by atoms with E-state index in [1.54, 1.807) is 25.3 Å². The van der Waals surface area contributed by atoms with Crippen LogP contribution >= 0.6 is 0 Å². The number of ether oxygens (including phenoxy) is 4. The third-order valence-electron chi connectivity index (χ3n) is 5.04. The Balaban J connectivity index is 1.84. The highest BCUT2D eigenvalue weighted by atomic mass is 19.1. The van der Waals surface area contributed by atoms with E-state index in [9.17, 15) is 9.90 Å². The summed E-state index contributed by atoms with van der Waals surface area (Å²) >= 11 is 0. The molecule has 1 saturated heterocycles. The lowest BCUT2D eigenvalue weighted by Gasteiger charge is -2.23. The second-order valence-electron chi connectivity index (χ2n) is 6.73. The van der Waals surface area contributed by atoms with Crippen molar-refractivity contribution < 1.29 is 33.2 Å². The summed E-state index contributed by atoms with van der Waals surface area (Å²) in [6.07, 6.45) is 0.137. The molecule has 0 spiro atoms. The summed E-state index contributed by atoms with van der Waals surface area (Å²) in [7, 11) is 4.48. The normalized spacial score (nSPS) is 21.3. The number of phenols is 1. The van der Waals surface area contributed by atoms with Gasteiger partial charge in [0.2, 0.25) is 5.67 Å². The minimum absolute atomic E-state index is 0.00109. The molecule has 7 heteroatoms. The maximum absolute atomic E-state index is 15.8. The molecule has 1 aliphatic rings. The first kappa shape index (κ1) is 19.8. The van der Waals surface area contributed by atoms with Crippen LogP contribution in [0.5, 0.6) is 23.0 Å². The van der Waals surface area contributed by atoms with E-state index in [0.29, 0.717) is 23.5 Å². The quantitative estimate of drug-likeness (QED) is 0.733. The molecular weight excluding hydrogens is 367 g/mol. The van der Waals surface area contributed by atoms with Crippen molar-refractivity contribution in [3.8, 4) is 23.0 Å². The first-order valence-corrected chi connectivity index (χ1v) is 8.84. The fraction of sp³-hybridized carbons (Fsp3) is 0.381. The van der Waals surface area contributed by atoms with Gasteiger partial charge in [-0.05, 0) is 41.8 Å². The van der Waals surface area contributed by atoms with Crippen molar-refractivity contribution in [2.75, 3.05) is 27.9 Å². The highest BCUT2D eigenvalue weighted by Crippen LogP contribution is 2.39. The minimum atomic E-state index is -2.17. The van der Waals surface area contributed by atoms with Gasteiger partial charge in [-0.1, -0.05) is 12.1 Å². The van der Waals surface area contributed by atoms with Gasteiger partial charge in [0.15, 0.2) is 23.0 Å². The molecule has 0 radical (unpaired) electrons. The summed E-state index contributed by atoms with van der Waals surface area (Å²) in [4.78, 5) is 12.2. The van der Waals surface area contributed by atoms with Crippen LogP contribution in [0.1, 0.15) is 11.1 Å². The van der Waals surface area contributed by atoms with E-state index in [4.69, 9.17) is 18.9 Å². The summed E-state index contributed by atoms with van der Waals surface area (Å²) in [5, 5.41) is 9.72. The van der Waals surface area contributed by atoms with Crippen molar-refractivity contribution >= 4 is 5.97 Å². The number of rotatable bonds is 7. The van der Waals surface area contributed by atoms with E-state index in [1.807, 2.05) is 6.07 Å². The zero-order valence-corrected chi connectivity index (χ0v) is 16.0. The van der Waals surface area contributed by atoms with Crippen molar-refractivity contribution in [1.29, 1.82) is 0 Å². The van der Waals surface area contributed by atoms with Crippen molar-refractivity contribution in [2.24, 2.45) is 5.92 Å². The highest BCUT2D eigenvalue weighted by molar-refractivity contribution is 5.82. The van der Waals surface area contributed by atoms with Gasteiger partial charge in [0, 0.05) is 12.3 Å². The Bertz CT molecular complexity index is 868.